The topological polar surface area (TPSA) is 55.1 Å². The zero-order valence-corrected chi connectivity index (χ0v) is 15.5. The van der Waals surface area contributed by atoms with Gasteiger partial charge in [-0.3, -0.25) is 0 Å². The number of aryl methyl sites for hydroxylation is 1. The Morgan fingerprint density at radius 2 is 1.54 bits per heavy atom. The average molecular weight is 368 g/mol. The molecule has 0 fully saturated rings. The Labute approximate surface area is 163 Å². The van der Waals surface area contributed by atoms with Crippen LogP contribution in [0.1, 0.15) is 16.8 Å². The largest absolute Gasteiger partial charge is 0.463 e. The highest BCUT2D eigenvalue weighted by Crippen LogP contribution is 2.36. The molecule has 0 radical (unpaired) electrons. The molecule has 0 bridgehead atoms. The molecular formula is C24H20N2O2. The van der Waals surface area contributed by atoms with Crippen molar-refractivity contribution < 1.29 is 9.90 Å². The van der Waals surface area contributed by atoms with Gasteiger partial charge in [0.15, 0.2) is 0 Å². The van der Waals surface area contributed by atoms with Gasteiger partial charge in [0, 0.05) is 17.5 Å². The van der Waals surface area contributed by atoms with Crippen LogP contribution in [0.25, 0.3) is 22.4 Å². The van der Waals surface area contributed by atoms with E-state index in [-0.39, 0.29) is 0 Å². The lowest BCUT2D eigenvalue weighted by Crippen LogP contribution is -2.14. The Morgan fingerprint density at radius 1 is 0.893 bits per heavy atom. The van der Waals surface area contributed by atoms with Crippen LogP contribution in [-0.4, -0.2) is 21.0 Å². The molecule has 0 aliphatic carbocycles. The molecule has 0 aliphatic heterocycles. The summed E-state index contributed by atoms with van der Waals surface area (Å²) in [5.41, 5.74) is 6.23. The van der Waals surface area contributed by atoms with Crippen molar-refractivity contribution in [3.8, 4) is 22.4 Å². The van der Waals surface area contributed by atoms with Gasteiger partial charge in [-0.05, 0) is 18.1 Å². The first-order valence-electron chi connectivity index (χ1n) is 9.15. The van der Waals surface area contributed by atoms with Crippen molar-refractivity contribution in [3.05, 3.63) is 102 Å². The maximum Gasteiger partial charge on any atom is 0.432 e. The SMILES string of the molecule is Cc1cccc(-c2c(-c3ccccc3)nn(C(=O)O)c2Cc2ccccc2)c1. The number of benzene rings is 3. The summed E-state index contributed by atoms with van der Waals surface area (Å²) in [5, 5.41) is 14.3. The molecule has 28 heavy (non-hydrogen) atoms. The molecule has 0 spiro atoms. The highest BCUT2D eigenvalue weighted by Gasteiger charge is 2.23. The zero-order valence-electron chi connectivity index (χ0n) is 15.5. The Kier molecular flexibility index (Phi) is 4.77. The summed E-state index contributed by atoms with van der Waals surface area (Å²) in [4.78, 5) is 12.0. The second kappa shape index (κ2) is 7.53. The second-order valence-corrected chi connectivity index (χ2v) is 6.76. The van der Waals surface area contributed by atoms with E-state index in [0.717, 1.165) is 32.5 Å². The molecule has 0 saturated carbocycles. The fraction of sp³-hybridized carbons (Fsp3) is 0.0833. The third-order valence-electron chi connectivity index (χ3n) is 4.73. The van der Waals surface area contributed by atoms with Gasteiger partial charge >= 0.3 is 6.09 Å². The highest BCUT2D eigenvalue weighted by molar-refractivity contribution is 5.86. The van der Waals surface area contributed by atoms with Crippen LogP contribution >= 0.6 is 0 Å². The van der Waals surface area contributed by atoms with Crippen LogP contribution in [0, 0.1) is 6.92 Å². The van der Waals surface area contributed by atoms with Crippen molar-refractivity contribution in [2.24, 2.45) is 0 Å². The summed E-state index contributed by atoms with van der Waals surface area (Å²) >= 11 is 0. The monoisotopic (exact) mass is 368 g/mol. The predicted octanol–water partition coefficient (Wildman–Crippen LogP) is 5.64. The summed E-state index contributed by atoms with van der Waals surface area (Å²) in [6, 6.07) is 27.7. The molecule has 1 aromatic heterocycles. The fourth-order valence-electron chi connectivity index (χ4n) is 3.47. The van der Waals surface area contributed by atoms with E-state index in [4.69, 9.17) is 0 Å². The summed E-state index contributed by atoms with van der Waals surface area (Å²) in [6.45, 7) is 2.03. The Morgan fingerprint density at radius 3 is 2.18 bits per heavy atom. The van der Waals surface area contributed by atoms with Crippen LogP contribution in [-0.2, 0) is 6.42 Å². The molecule has 0 amide bonds. The van der Waals surface area contributed by atoms with Gasteiger partial charge in [-0.1, -0.05) is 90.5 Å². The summed E-state index contributed by atoms with van der Waals surface area (Å²) in [5.74, 6) is 0. The van der Waals surface area contributed by atoms with E-state index in [0.29, 0.717) is 17.8 Å². The normalized spacial score (nSPS) is 10.8. The van der Waals surface area contributed by atoms with Crippen LogP contribution in [0.5, 0.6) is 0 Å². The number of hydrogen-bond donors (Lipinski definition) is 1. The molecule has 0 unspecified atom stereocenters. The van der Waals surface area contributed by atoms with Crippen LogP contribution in [0.4, 0.5) is 4.79 Å². The van der Waals surface area contributed by atoms with Crippen LogP contribution in [0.15, 0.2) is 84.9 Å². The summed E-state index contributed by atoms with van der Waals surface area (Å²) in [6.07, 6.45) is -0.599. The van der Waals surface area contributed by atoms with Gasteiger partial charge in [0.1, 0.15) is 5.69 Å². The van der Waals surface area contributed by atoms with E-state index in [9.17, 15) is 9.90 Å². The summed E-state index contributed by atoms with van der Waals surface area (Å²) < 4.78 is 1.12. The van der Waals surface area contributed by atoms with Crippen molar-refractivity contribution in [3.63, 3.8) is 0 Å². The molecule has 4 aromatic rings. The minimum Gasteiger partial charge on any atom is -0.463 e. The molecule has 0 aliphatic rings. The van der Waals surface area contributed by atoms with E-state index < -0.39 is 6.09 Å². The quantitative estimate of drug-likeness (QED) is 0.507. The van der Waals surface area contributed by atoms with Gasteiger partial charge in [-0.2, -0.15) is 9.78 Å². The maximum absolute atomic E-state index is 12.0. The van der Waals surface area contributed by atoms with E-state index in [2.05, 4.69) is 11.2 Å². The first-order valence-corrected chi connectivity index (χ1v) is 9.15. The van der Waals surface area contributed by atoms with E-state index in [1.165, 1.54) is 0 Å². The first-order chi connectivity index (χ1) is 13.6. The van der Waals surface area contributed by atoms with Crippen molar-refractivity contribution in [1.82, 2.24) is 9.78 Å². The molecule has 4 heteroatoms. The Balaban J connectivity index is 1.99. The molecule has 0 atom stereocenters. The van der Waals surface area contributed by atoms with Gasteiger partial charge < -0.3 is 5.11 Å². The molecule has 1 N–H and O–H groups in total. The van der Waals surface area contributed by atoms with E-state index in [1.54, 1.807) is 0 Å². The minimum absolute atomic E-state index is 0.482. The molecular weight excluding hydrogens is 348 g/mol. The van der Waals surface area contributed by atoms with Crippen molar-refractivity contribution >= 4 is 6.09 Å². The average Bonchev–Trinajstić information content (AvgIpc) is 3.09. The molecule has 4 rings (SSSR count). The number of carboxylic acid groups (broad SMARTS) is 1. The number of rotatable bonds is 4. The van der Waals surface area contributed by atoms with Crippen molar-refractivity contribution in [1.29, 1.82) is 0 Å². The van der Waals surface area contributed by atoms with Crippen molar-refractivity contribution in [2.75, 3.05) is 0 Å². The minimum atomic E-state index is -1.08. The Hall–Kier alpha value is -3.66. The molecule has 4 nitrogen and oxygen atoms in total. The van der Waals surface area contributed by atoms with Gasteiger partial charge in [-0.15, -0.1) is 0 Å². The van der Waals surface area contributed by atoms with Crippen LogP contribution in [0.2, 0.25) is 0 Å². The third kappa shape index (κ3) is 3.45. The maximum atomic E-state index is 12.0. The van der Waals surface area contributed by atoms with Gasteiger partial charge in [0.05, 0.1) is 5.69 Å². The lowest BCUT2D eigenvalue weighted by molar-refractivity contribution is 0.192. The predicted molar refractivity (Wildman–Crippen MR) is 111 cm³/mol. The fourth-order valence-corrected chi connectivity index (χ4v) is 3.47. The lowest BCUT2D eigenvalue weighted by Gasteiger charge is -2.09. The van der Waals surface area contributed by atoms with E-state index in [1.807, 2.05) is 85.8 Å². The number of nitrogens with zero attached hydrogens (tertiary/aromatic N) is 2. The molecule has 3 aromatic carbocycles. The number of aromatic nitrogens is 2. The summed E-state index contributed by atoms with van der Waals surface area (Å²) in [7, 11) is 0. The second-order valence-electron chi connectivity index (χ2n) is 6.76. The van der Waals surface area contributed by atoms with Gasteiger partial charge in [0.25, 0.3) is 0 Å². The number of carbonyl (C=O) groups is 1. The third-order valence-corrected chi connectivity index (χ3v) is 4.73. The zero-order chi connectivity index (χ0) is 19.5. The van der Waals surface area contributed by atoms with E-state index >= 15 is 0 Å². The van der Waals surface area contributed by atoms with Crippen LogP contribution in [0.3, 0.4) is 0 Å². The molecule has 138 valence electrons. The smallest absolute Gasteiger partial charge is 0.432 e. The first kappa shape index (κ1) is 17.7. The van der Waals surface area contributed by atoms with Crippen LogP contribution < -0.4 is 0 Å². The molecule has 1 heterocycles. The lowest BCUT2D eigenvalue weighted by atomic mass is 9.95. The highest BCUT2D eigenvalue weighted by atomic mass is 16.4. The molecule has 0 saturated heterocycles. The van der Waals surface area contributed by atoms with Gasteiger partial charge in [-0.25, -0.2) is 4.79 Å². The van der Waals surface area contributed by atoms with Crippen molar-refractivity contribution in [2.45, 2.75) is 13.3 Å². The van der Waals surface area contributed by atoms with Gasteiger partial charge in [0.2, 0.25) is 0 Å². The standard InChI is InChI=1S/C24H20N2O2/c1-17-9-8-14-20(15-17)22-21(16-18-10-4-2-5-11-18)26(24(27)28)25-23(22)19-12-6-3-7-13-19/h2-15H,16H2,1H3,(H,27,28). The number of hydrogen-bond acceptors (Lipinski definition) is 2. The Bertz CT molecular complexity index is 1120.